The summed E-state index contributed by atoms with van der Waals surface area (Å²) in [5.74, 6) is 0.0163. The Morgan fingerprint density at radius 2 is 2.24 bits per heavy atom. The predicted octanol–water partition coefficient (Wildman–Crippen LogP) is 3.14. The van der Waals surface area contributed by atoms with Crippen LogP contribution in [0.3, 0.4) is 0 Å². The van der Waals surface area contributed by atoms with Crippen LogP contribution in [0.15, 0.2) is 21.3 Å². The number of nitrogens with two attached hydrogens (primary N) is 1. The number of hydrogen-bond donors (Lipinski definition) is 1. The Hall–Kier alpha value is -1.56. The van der Waals surface area contributed by atoms with Gasteiger partial charge in [0.1, 0.15) is 11.6 Å². The summed E-state index contributed by atoms with van der Waals surface area (Å²) in [5, 5.41) is 3.54. The monoisotopic (exact) mass is 300 g/mol. The zero-order valence-electron chi connectivity index (χ0n) is 9.25. The van der Waals surface area contributed by atoms with E-state index in [2.05, 4.69) is 21.1 Å². The molecule has 0 amide bonds. The second-order valence-corrected chi connectivity index (χ2v) is 4.36. The second-order valence-electron chi connectivity index (χ2n) is 3.50. The van der Waals surface area contributed by atoms with Gasteiger partial charge in [-0.05, 0) is 34.5 Å². The molecule has 90 valence electrons. The van der Waals surface area contributed by atoms with E-state index in [0.717, 1.165) is 5.56 Å². The number of nitrogens with zero attached hydrogens (tertiary/aromatic N) is 1. The van der Waals surface area contributed by atoms with E-state index in [0.29, 0.717) is 15.8 Å². The first-order valence-electron chi connectivity index (χ1n) is 4.79. The summed E-state index contributed by atoms with van der Waals surface area (Å²) < 4.78 is 24.4. The molecule has 0 bridgehead atoms. The maximum Gasteiger partial charge on any atom is 0.230 e. The van der Waals surface area contributed by atoms with Gasteiger partial charge in [0, 0.05) is 0 Å². The largest absolute Gasteiger partial charge is 0.496 e. The summed E-state index contributed by atoms with van der Waals surface area (Å²) in [6.07, 6.45) is 1.36. The van der Waals surface area contributed by atoms with Gasteiger partial charge in [-0.3, -0.25) is 0 Å². The van der Waals surface area contributed by atoms with E-state index in [9.17, 15) is 4.39 Å². The minimum absolute atomic E-state index is 0.0553. The number of benzene rings is 1. The molecule has 2 aromatic rings. The molecule has 0 unspecified atom stereocenters. The molecular weight excluding hydrogens is 291 g/mol. The van der Waals surface area contributed by atoms with Crippen molar-refractivity contribution in [3.63, 3.8) is 0 Å². The lowest BCUT2D eigenvalue weighted by molar-refractivity contribution is 0.410. The van der Waals surface area contributed by atoms with Gasteiger partial charge in [-0.1, -0.05) is 5.16 Å². The van der Waals surface area contributed by atoms with E-state index in [4.69, 9.17) is 15.0 Å². The number of aryl methyl sites for hydroxylation is 1. The molecular formula is C11H10BrFN2O2. The third kappa shape index (κ3) is 1.88. The van der Waals surface area contributed by atoms with Crippen molar-refractivity contribution in [2.75, 3.05) is 12.8 Å². The molecule has 2 rings (SSSR count). The maximum atomic E-state index is 14.1. The normalized spacial score (nSPS) is 10.6. The molecule has 0 saturated heterocycles. The average Bonchev–Trinajstić information content (AvgIpc) is 2.69. The van der Waals surface area contributed by atoms with Crippen LogP contribution in [-0.2, 0) is 0 Å². The summed E-state index contributed by atoms with van der Waals surface area (Å²) >= 11 is 3.15. The molecule has 0 fully saturated rings. The smallest absolute Gasteiger partial charge is 0.230 e. The summed E-state index contributed by atoms with van der Waals surface area (Å²) in [6, 6.07) is 1.64. The second kappa shape index (κ2) is 4.37. The lowest BCUT2D eigenvalue weighted by Gasteiger charge is -2.12. The number of hydrogen-bond acceptors (Lipinski definition) is 4. The Kier molecular flexibility index (Phi) is 3.06. The van der Waals surface area contributed by atoms with Gasteiger partial charge in [-0.25, -0.2) is 4.39 Å². The van der Waals surface area contributed by atoms with Crippen LogP contribution >= 0.6 is 15.9 Å². The van der Waals surface area contributed by atoms with Crippen molar-refractivity contribution in [3.05, 3.63) is 28.1 Å². The third-order valence-corrected chi connectivity index (χ3v) is 3.01. The molecule has 2 N–H and O–H groups in total. The van der Waals surface area contributed by atoms with Crippen LogP contribution in [0.5, 0.6) is 5.75 Å². The Morgan fingerprint density at radius 1 is 1.53 bits per heavy atom. The number of anilines is 1. The van der Waals surface area contributed by atoms with Crippen LogP contribution in [0.1, 0.15) is 5.56 Å². The number of ether oxygens (including phenoxy) is 1. The molecule has 1 aromatic carbocycles. The number of nitrogen functional groups attached to an aromatic ring is 1. The zero-order valence-corrected chi connectivity index (χ0v) is 10.8. The van der Waals surface area contributed by atoms with Crippen molar-refractivity contribution in [3.8, 4) is 16.9 Å². The van der Waals surface area contributed by atoms with Crippen molar-refractivity contribution in [1.82, 2.24) is 5.16 Å². The fourth-order valence-corrected chi connectivity index (χ4v) is 2.22. The van der Waals surface area contributed by atoms with Crippen molar-refractivity contribution >= 4 is 21.8 Å². The highest BCUT2D eigenvalue weighted by atomic mass is 79.9. The lowest BCUT2D eigenvalue weighted by Crippen LogP contribution is -1.97. The molecule has 0 radical (unpaired) electrons. The van der Waals surface area contributed by atoms with Gasteiger partial charge in [0.25, 0.3) is 0 Å². The molecule has 0 aliphatic carbocycles. The van der Waals surface area contributed by atoms with Gasteiger partial charge in [0.15, 0.2) is 0 Å². The van der Waals surface area contributed by atoms with Gasteiger partial charge in [-0.2, -0.15) is 0 Å². The quantitative estimate of drug-likeness (QED) is 0.925. The topological polar surface area (TPSA) is 61.3 Å². The fourth-order valence-electron chi connectivity index (χ4n) is 1.68. The highest BCUT2D eigenvalue weighted by molar-refractivity contribution is 9.10. The molecule has 17 heavy (non-hydrogen) atoms. The Balaban J connectivity index is 2.80. The Bertz CT molecular complexity index is 569. The number of halogens is 2. The van der Waals surface area contributed by atoms with Crippen LogP contribution in [-0.4, -0.2) is 12.3 Å². The first-order chi connectivity index (χ1) is 8.06. The Morgan fingerprint density at radius 3 is 2.76 bits per heavy atom. The zero-order chi connectivity index (χ0) is 12.6. The number of methoxy groups -OCH3 is 1. The number of aromatic nitrogens is 1. The minimum Gasteiger partial charge on any atom is -0.496 e. The van der Waals surface area contributed by atoms with E-state index in [1.807, 2.05) is 6.92 Å². The van der Waals surface area contributed by atoms with Crippen molar-refractivity contribution < 1.29 is 13.7 Å². The first-order valence-corrected chi connectivity index (χ1v) is 5.58. The standard InChI is InChI=1S/C11H10BrFN2O2/c1-5-3-7(12)9(13)8(10(5)16-2)6-4-15-17-11(6)14/h3-4H,14H2,1-2H3. The van der Waals surface area contributed by atoms with Gasteiger partial charge in [-0.15, -0.1) is 0 Å². The molecule has 0 spiro atoms. The van der Waals surface area contributed by atoms with Crippen LogP contribution < -0.4 is 10.5 Å². The van der Waals surface area contributed by atoms with Gasteiger partial charge in [0.2, 0.25) is 5.88 Å². The van der Waals surface area contributed by atoms with Crippen LogP contribution in [0, 0.1) is 12.7 Å². The summed E-state index contributed by atoms with van der Waals surface area (Å²) in [5.41, 5.74) is 7.01. The summed E-state index contributed by atoms with van der Waals surface area (Å²) in [6.45, 7) is 1.82. The van der Waals surface area contributed by atoms with Gasteiger partial charge in [0.05, 0.1) is 28.9 Å². The molecule has 0 aliphatic heterocycles. The highest BCUT2D eigenvalue weighted by Crippen LogP contribution is 2.40. The number of rotatable bonds is 2. The first kappa shape index (κ1) is 11.9. The van der Waals surface area contributed by atoms with Crippen LogP contribution in [0.2, 0.25) is 0 Å². The van der Waals surface area contributed by atoms with Crippen molar-refractivity contribution in [2.24, 2.45) is 0 Å². The van der Waals surface area contributed by atoms with Gasteiger partial charge >= 0.3 is 0 Å². The molecule has 6 heteroatoms. The van der Waals surface area contributed by atoms with E-state index in [-0.39, 0.29) is 11.4 Å². The molecule has 0 aliphatic rings. The Labute approximate surface area is 106 Å². The predicted molar refractivity (Wildman–Crippen MR) is 65.3 cm³/mol. The lowest BCUT2D eigenvalue weighted by atomic mass is 10.0. The van der Waals surface area contributed by atoms with Gasteiger partial charge < -0.3 is 15.0 Å². The summed E-state index contributed by atoms with van der Waals surface area (Å²) in [7, 11) is 1.48. The minimum atomic E-state index is -0.456. The van der Waals surface area contributed by atoms with Crippen molar-refractivity contribution in [2.45, 2.75) is 6.92 Å². The molecule has 0 atom stereocenters. The molecule has 1 heterocycles. The third-order valence-electron chi connectivity index (χ3n) is 2.43. The SMILES string of the molecule is COc1c(C)cc(Br)c(F)c1-c1cnoc1N. The summed E-state index contributed by atoms with van der Waals surface area (Å²) in [4.78, 5) is 0. The molecule has 0 saturated carbocycles. The fraction of sp³-hybridized carbons (Fsp3) is 0.182. The van der Waals surface area contributed by atoms with E-state index < -0.39 is 5.82 Å². The molecule has 4 nitrogen and oxygen atoms in total. The van der Waals surface area contributed by atoms with E-state index in [1.54, 1.807) is 6.07 Å². The van der Waals surface area contributed by atoms with E-state index in [1.165, 1.54) is 13.3 Å². The maximum absolute atomic E-state index is 14.1. The van der Waals surface area contributed by atoms with Crippen LogP contribution in [0.25, 0.3) is 11.1 Å². The van der Waals surface area contributed by atoms with Crippen molar-refractivity contribution in [1.29, 1.82) is 0 Å². The average molecular weight is 301 g/mol. The van der Waals surface area contributed by atoms with E-state index >= 15 is 0 Å². The highest BCUT2D eigenvalue weighted by Gasteiger charge is 2.21. The molecule has 1 aromatic heterocycles. The van der Waals surface area contributed by atoms with Crippen LogP contribution in [0.4, 0.5) is 10.3 Å².